The molecule has 1 atom stereocenters. The highest BCUT2D eigenvalue weighted by atomic mass is 16.7. The molecule has 5 heteroatoms. The van der Waals surface area contributed by atoms with Gasteiger partial charge >= 0.3 is 0 Å². The van der Waals surface area contributed by atoms with Crippen molar-refractivity contribution in [1.29, 1.82) is 0 Å². The van der Waals surface area contributed by atoms with Gasteiger partial charge in [-0.05, 0) is 11.1 Å². The summed E-state index contributed by atoms with van der Waals surface area (Å²) in [6, 6.07) is 7.95. The van der Waals surface area contributed by atoms with E-state index in [0.717, 1.165) is 16.7 Å². The number of nitrogens with two attached hydrogens (primary N) is 1. The molecule has 88 valence electrons. The zero-order chi connectivity index (χ0) is 11.7. The van der Waals surface area contributed by atoms with Crippen molar-refractivity contribution in [1.82, 2.24) is 5.16 Å². The van der Waals surface area contributed by atoms with E-state index in [9.17, 15) is 0 Å². The lowest BCUT2D eigenvalue weighted by molar-refractivity contribution is 0.0466. The molecule has 1 aromatic heterocycles. The fourth-order valence-electron chi connectivity index (χ4n) is 1.87. The smallest absolute Gasteiger partial charge is 0.229 e. The molecule has 2 aromatic rings. The van der Waals surface area contributed by atoms with Gasteiger partial charge < -0.3 is 19.7 Å². The lowest BCUT2D eigenvalue weighted by Crippen LogP contribution is -1.99. The normalized spacial score (nSPS) is 19.6. The topological polar surface area (TPSA) is 70.5 Å². The summed E-state index contributed by atoms with van der Waals surface area (Å²) in [6.45, 7) is 0.972. The first-order valence-electron chi connectivity index (χ1n) is 5.34. The van der Waals surface area contributed by atoms with Crippen LogP contribution in [0.3, 0.4) is 0 Å². The van der Waals surface area contributed by atoms with Crippen molar-refractivity contribution in [2.45, 2.75) is 6.10 Å². The van der Waals surface area contributed by atoms with Gasteiger partial charge in [-0.3, -0.25) is 0 Å². The van der Waals surface area contributed by atoms with E-state index in [1.54, 1.807) is 6.20 Å². The molecule has 1 aliphatic heterocycles. The summed E-state index contributed by atoms with van der Waals surface area (Å²) in [7, 11) is 0. The number of rotatable bonds is 2. The van der Waals surface area contributed by atoms with Crippen molar-refractivity contribution >= 4 is 5.88 Å². The second-order valence-corrected chi connectivity index (χ2v) is 3.87. The third-order valence-electron chi connectivity index (χ3n) is 2.81. The number of anilines is 1. The Hall–Kier alpha value is -1.85. The lowest BCUT2D eigenvalue weighted by atomic mass is 10.0. The van der Waals surface area contributed by atoms with Crippen molar-refractivity contribution in [2.75, 3.05) is 19.1 Å². The minimum atomic E-state index is 0.0314. The van der Waals surface area contributed by atoms with E-state index in [4.69, 9.17) is 19.7 Å². The molecule has 1 aromatic carbocycles. The number of nitrogen functional groups attached to an aromatic ring is 1. The standard InChI is InChI=1S/C12H12N2O3/c13-12-10(5-14-17-12)8-1-3-9(4-2-8)11-6-15-7-16-11/h1-5,11H,6-7,13H2. The Morgan fingerprint density at radius 3 is 2.65 bits per heavy atom. The highest BCUT2D eigenvalue weighted by molar-refractivity contribution is 5.71. The first-order valence-corrected chi connectivity index (χ1v) is 5.34. The predicted octanol–water partition coefficient (Wildman–Crippen LogP) is 1.97. The molecule has 0 spiro atoms. The fourth-order valence-corrected chi connectivity index (χ4v) is 1.87. The van der Waals surface area contributed by atoms with Crippen LogP contribution in [0.25, 0.3) is 11.1 Å². The molecule has 1 saturated heterocycles. The molecule has 5 nitrogen and oxygen atoms in total. The van der Waals surface area contributed by atoms with Crippen LogP contribution in [0.4, 0.5) is 5.88 Å². The van der Waals surface area contributed by atoms with E-state index in [-0.39, 0.29) is 6.10 Å². The Morgan fingerprint density at radius 1 is 1.24 bits per heavy atom. The van der Waals surface area contributed by atoms with Crippen LogP contribution in [0.1, 0.15) is 11.7 Å². The second kappa shape index (κ2) is 4.20. The van der Waals surface area contributed by atoms with Crippen LogP contribution in [-0.2, 0) is 9.47 Å². The van der Waals surface area contributed by atoms with Gasteiger partial charge in [-0.1, -0.05) is 29.4 Å². The van der Waals surface area contributed by atoms with Gasteiger partial charge in [0.05, 0.1) is 18.4 Å². The van der Waals surface area contributed by atoms with Crippen LogP contribution in [0.15, 0.2) is 35.0 Å². The molecule has 17 heavy (non-hydrogen) atoms. The Morgan fingerprint density at radius 2 is 2.06 bits per heavy atom. The molecule has 1 fully saturated rings. The number of hydrogen-bond donors (Lipinski definition) is 1. The quantitative estimate of drug-likeness (QED) is 0.857. The number of benzene rings is 1. The van der Waals surface area contributed by atoms with Gasteiger partial charge in [-0.15, -0.1) is 0 Å². The molecule has 1 aliphatic rings. The van der Waals surface area contributed by atoms with E-state index in [1.165, 1.54) is 0 Å². The first kappa shape index (κ1) is 10.3. The van der Waals surface area contributed by atoms with Gasteiger partial charge in [0.25, 0.3) is 0 Å². The van der Waals surface area contributed by atoms with Gasteiger partial charge in [-0.25, -0.2) is 0 Å². The van der Waals surface area contributed by atoms with Crippen LogP contribution in [-0.4, -0.2) is 18.6 Å². The number of nitrogens with zero attached hydrogens (tertiary/aromatic N) is 1. The summed E-state index contributed by atoms with van der Waals surface area (Å²) in [5.41, 5.74) is 8.54. The van der Waals surface area contributed by atoms with Crippen molar-refractivity contribution < 1.29 is 14.0 Å². The average Bonchev–Trinajstić information content (AvgIpc) is 3.00. The first-order chi connectivity index (χ1) is 8.34. The summed E-state index contributed by atoms with van der Waals surface area (Å²) >= 11 is 0. The van der Waals surface area contributed by atoms with Crippen LogP contribution in [0.5, 0.6) is 0 Å². The Bertz CT molecular complexity index is 501. The summed E-state index contributed by atoms with van der Waals surface area (Å²) in [4.78, 5) is 0. The van der Waals surface area contributed by atoms with E-state index in [1.807, 2.05) is 24.3 Å². The zero-order valence-corrected chi connectivity index (χ0v) is 9.13. The molecule has 0 bridgehead atoms. The van der Waals surface area contributed by atoms with Crippen LogP contribution in [0.2, 0.25) is 0 Å². The SMILES string of the molecule is Nc1oncc1-c1ccc(C2COCO2)cc1. The molecule has 0 saturated carbocycles. The fraction of sp³-hybridized carbons (Fsp3) is 0.250. The molecule has 0 radical (unpaired) electrons. The third-order valence-corrected chi connectivity index (χ3v) is 2.81. The highest BCUT2D eigenvalue weighted by Gasteiger charge is 2.18. The van der Waals surface area contributed by atoms with E-state index in [0.29, 0.717) is 19.3 Å². The highest BCUT2D eigenvalue weighted by Crippen LogP contribution is 2.28. The van der Waals surface area contributed by atoms with E-state index in [2.05, 4.69) is 5.16 Å². The molecule has 0 amide bonds. The third kappa shape index (κ3) is 1.90. The lowest BCUT2D eigenvalue weighted by Gasteiger charge is -2.08. The minimum absolute atomic E-state index is 0.0314. The van der Waals surface area contributed by atoms with Crippen molar-refractivity contribution in [3.05, 3.63) is 36.0 Å². The number of aromatic nitrogens is 1. The van der Waals surface area contributed by atoms with Crippen LogP contribution < -0.4 is 5.73 Å². The average molecular weight is 232 g/mol. The van der Waals surface area contributed by atoms with Crippen LogP contribution in [0, 0.1) is 0 Å². The van der Waals surface area contributed by atoms with Crippen molar-refractivity contribution in [2.24, 2.45) is 0 Å². The Kier molecular flexibility index (Phi) is 2.55. The summed E-state index contributed by atoms with van der Waals surface area (Å²) in [5, 5.41) is 3.65. The summed E-state index contributed by atoms with van der Waals surface area (Å²) < 4.78 is 15.4. The van der Waals surface area contributed by atoms with Gasteiger partial charge in [0.2, 0.25) is 5.88 Å². The maximum absolute atomic E-state index is 5.66. The van der Waals surface area contributed by atoms with Crippen molar-refractivity contribution in [3.8, 4) is 11.1 Å². The summed E-state index contributed by atoms with van der Waals surface area (Å²) in [5.74, 6) is 0.332. The molecular weight excluding hydrogens is 220 g/mol. The molecule has 0 aliphatic carbocycles. The largest absolute Gasteiger partial charge is 0.367 e. The molecule has 3 rings (SSSR count). The van der Waals surface area contributed by atoms with E-state index < -0.39 is 0 Å². The molecular formula is C12H12N2O3. The van der Waals surface area contributed by atoms with E-state index >= 15 is 0 Å². The van der Waals surface area contributed by atoms with Crippen molar-refractivity contribution in [3.63, 3.8) is 0 Å². The van der Waals surface area contributed by atoms with Gasteiger partial charge in [0, 0.05) is 0 Å². The molecule has 2 heterocycles. The monoisotopic (exact) mass is 232 g/mol. The predicted molar refractivity (Wildman–Crippen MR) is 61.0 cm³/mol. The van der Waals surface area contributed by atoms with Gasteiger partial charge in [0.1, 0.15) is 12.9 Å². The molecule has 2 N–H and O–H groups in total. The second-order valence-electron chi connectivity index (χ2n) is 3.87. The summed E-state index contributed by atoms with van der Waals surface area (Å²) in [6.07, 6.45) is 1.64. The maximum Gasteiger partial charge on any atom is 0.229 e. The number of hydrogen-bond acceptors (Lipinski definition) is 5. The molecule has 1 unspecified atom stereocenters. The van der Waals surface area contributed by atoms with Crippen LogP contribution >= 0.6 is 0 Å². The van der Waals surface area contributed by atoms with Gasteiger partial charge in [-0.2, -0.15) is 0 Å². The Balaban J connectivity index is 1.87. The number of ether oxygens (including phenoxy) is 2. The zero-order valence-electron chi connectivity index (χ0n) is 9.13. The maximum atomic E-state index is 5.66. The van der Waals surface area contributed by atoms with Gasteiger partial charge in [0.15, 0.2) is 0 Å². The Labute approximate surface area is 98.1 Å². The minimum Gasteiger partial charge on any atom is -0.367 e.